The van der Waals surface area contributed by atoms with Crippen LogP contribution in [0.4, 0.5) is 0 Å². The quantitative estimate of drug-likeness (QED) is 0.622. The van der Waals surface area contributed by atoms with Gasteiger partial charge in [-0.25, -0.2) is 0 Å². The Morgan fingerprint density at radius 3 is 3.00 bits per heavy atom. The summed E-state index contributed by atoms with van der Waals surface area (Å²) < 4.78 is 4.86. The fourth-order valence-electron chi connectivity index (χ4n) is 1.39. The van der Waals surface area contributed by atoms with Gasteiger partial charge in [-0.05, 0) is 0 Å². The predicted octanol–water partition coefficient (Wildman–Crippen LogP) is -0.526. The maximum absolute atomic E-state index is 11.2. The van der Waals surface area contributed by atoms with Gasteiger partial charge in [0.1, 0.15) is 0 Å². The first kappa shape index (κ1) is 9.48. The molecule has 4 heteroatoms. The molecule has 1 saturated heterocycles. The molecule has 12 heavy (non-hydrogen) atoms. The van der Waals surface area contributed by atoms with Crippen LogP contribution in [0.2, 0.25) is 0 Å². The summed E-state index contributed by atoms with van der Waals surface area (Å²) in [7, 11) is 1.62. The molecule has 0 unspecified atom stereocenters. The molecule has 70 valence electrons. The molecule has 1 N–H and O–H groups in total. The van der Waals surface area contributed by atoms with Gasteiger partial charge in [0.2, 0.25) is 5.91 Å². The highest BCUT2D eigenvalue weighted by atomic mass is 16.5. The van der Waals surface area contributed by atoms with Crippen LogP contribution in [0.3, 0.4) is 0 Å². The van der Waals surface area contributed by atoms with E-state index in [4.69, 9.17) is 9.84 Å². The van der Waals surface area contributed by atoms with E-state index in [1.165, 1.54) is 0 Å². The third kappa shape index (κ3) is 2.19. The Morgan fingerprint density at radius 2 is 2.50 bits per heavy atom. The lowest BCUT2D eigenvalue weighted by Crippen LogP contribution is -2.29. The molecule has 4 nitrogen and oxygen atoms in total. The minimum atomic E-state index is 0.106. The number of amides is 1. The second-order valence-corrected chi connectivity index (χ2v) is 3.09. The van der Waals surface area contributed by atoms with Crippen LogP contribution in [0.1, 0.15) is 6.42 Å². The van der Waals surface area contributed by atoms with Crippen LogP contribution in [0.25, 0.3) is 0 Å². The average Bonchev–Trinajstić information content (AvgIpc) is 2.43. The van der Waals surface area contributed by atoms with Crippen molar-refractivity contribution in [2.45, 2.75) is 6.42 Å². The van der Waals surface area contributed by atoms with Crippen molar-refractivity contribution in [1.82, 2.24) is 4.90 Å². The summed E-state index contributed by atoms with van der Waals surface area (Å²) in [6, 6.07) is 0. The van der Waals surface area contributed by atoms with Gasteiger partial charge in [0, 0.05) is 39.1 Å². The summed E-state index contributed by atoms with van der Waals surface area (Å²) in [6.45, 7) is 2.00. The van der Waals surface area contributed by atoms with Gasteiger partial charge in [-0.1, -0.05) is 0 Å². The number of hydrogen-bond acceptors (Lipinski definition) is 3. The van der Waals surface area contributed by atoms with E-state index in [0.717, 1.165) is 0 Å². The van der Waals surface area contributed by atoms with Crippen molar-refractivity contribution < 1.29 is 14.6 Å². The largest absolute Gasteiger partial charge is 0.396 e. The molecule has 1 atom stereocenters. The van der Waals surface area contributed by atoms with Crippen molar-refractivity contribution in [1.29, 1.82) is 0 Å². The van der Waals surface area contributed by atoms with Gasteiger partial charge in [-0.3, -0.25) is 4.79 Å². The standard InChI is InChI=1S/C8H15NO3/c1-12-3-2-9-5-7(6-10)4-8(9)11/h7,10H,2-6H2,1H3/t7-/m0/s1. The minimum absolute atomic E-state index is 0.106. The van der Waals surface area contributed by atoms with E-state index in [-0.39, 0.29) is 18.4 Å². The molecular formula is C8H15NO3. The third-order valence-corrected chi connectivity index (χ3v) is 2.12. The number of carbonyl (C=O) groups excluding carboxylic acids is 1. The van der Waals surface area contributed by atoms with Crippen molar-refractivity contribution in [3.63, 3.8) is 0 Å². The van der Waals surface area contributed by atoms with Crippen molar-refractivity contribution in [2.75, 3.05) is 33.4 Å². The minimum Gasteiger partial charge on any atom is -0.396 e. The van der Waals surface area contributed by atoms with E-state index in [1.54, 1.807) is 12.0 Å². The number of ether oxygens (including phenoxy) is 1. The molecule has 1 heterocycles. The van der Waals surface area contributed by atoms with Gasteiger partial charge in [-0.15, -0.1) is 0 Å². The van der Waals surface area contributed by atoms with Gasteiger partial charge in [0.15, 0.2) is 0 Å². The van der Waals surface area contributed by atoms with Gasteiger partial charge >= 0.3 is 0 Å². The SMILES string of the molecule is COCCN1C[C@@H](CO)CC1=O. The first-order valence-corrected chi connectivity index (χ1v) is 4.15. The van der Waals surface area contributed by atoms with Crippen LogP contribution >= 0.6 is 0 Å². The Balaban J connectivity index is 2.31. The lowest BCUT2D eigenvalue weighted by atomic mass is 10.1. The third-order valence-electron chi connectivity index (χ3n) is 2.12. The summed E-state index contributed by atoms with van der Waals surface area (Å²) in [4.78, 5) is 12.9. The Bertz CT molecular complexity index is 160. The van der Waals surface area contributed by atoms with Crippen molar-refractivity contribution in [3.8, 4) is 0 Å². The summed E-state index contributed by atoms with van der Waals surface area (Å²) in [5.41, 5.74) is 0. The normalized spacial score (nSPS) is 23.7. The summed E-state index contributed by atoms with van der Waals surface area (Å²) in [5.74, 6) is 0.264. The molecule has 0 aromatic carbocycles. The van der Waals surface area contributed by atoms with Crippen LogP contribution in [-0.4, -0.2) is 49.3 Å². The molecule has 1 amide bonds. The zero-order valence-corrected chi connectivity index (χ0v) is 7.32. The van der Waals surface area contributed by atoms with E-state index < -0.39 is 0 Å². The molecule has 0 spiro atoms. The number of methoxy groups -OCH3 is 1. The Morgan fingerprint density at radius 1 is 1.75 bits per heavy atom. The second kappa shape index (κ2) is 4.42. The maximum atomic E-state index is 11.2. The van der Waals surface area contributed by atoms with E-state index in [2.05, 4.69) is 0 Å². The molecule has 1 aliphatic heterocycles. The van der Waals surface area contributed by atoms with E-state index >= 15 is 0 Å². The van der Waals surface area contributed by atoms with Crippen LogP contribution in [0.5, 0.6) is 0 Å². The summed E-state index contributed by atoms with van der Waals surface area (Å²) in [5, 5.41) is 8.82. The zero-order valence-electron chi connectivity index (χ0n) is 7.32. The van der Waals surface area contributed by atoms with Gasteiger partial charge in [-0.2, -0.15) is 0 Å². The summed E-state index contributed by atoms with van der Waals surface area (Å²) >= 11 is 0. The Kier molecular flexibility index (Phi) is 3.49. The monoisotopic (exact) mass is 173 g/mol. The van der Waals surface area contributed by atoms with Crippen molar-refractivity contribution >= 4 is 5.91 Å². The molecule has 1 aliphatic rings. The fraction of sp³-hybridized carbons (Fsp3) is 0.875. The summed E-state index contributed by atoms with van der Waals surface area (Å²) in [6.07, 6.45) is 0.486. The predicted molar refractivity (Wildman–Crippen MR) is 43.6 cm³/mol. The number of nitrogens with zero attached hydrogens (tertiary/aromatic N) is 1. The van der Waals surface area contributed by atoms with Crippen LogP contribution < -0.4 is 0 Å². The maximum Gasteiger partial charge on any atom is 0.223 e. The second-order valence-electron chi connectivity index (χ2n) is 3.09. The fourth-order valence-corrected chi connectivity index (χ4v) is 1.39. The van der Waals surface area contributed by atoms with Crippen molar-refractivity contribution in [2.24, 2.45) is 5.92 Å². The topological polar surface area (TPSA) is 49.8 Å². The number of hydrogen-bond donors (Lipinski definition) is 1. The zero-order chi connectivity index (χ0) is 8.97. The van der Waals surface area contributed by atoms with Gasteiger partial charge in [0.25, 0.3) is 0 Å². The average molecular weight is 173 g/mol. The van der Waals surface area contributed by atoms with Gasteiger partial charge < -0.3 is 14.7 Å². The highest BCUT2D eigenvalue weighted by Crippen LogP contribution is 2.16. The van der Waals surface area contributed by atoms with Crippen LogP contribution in [-0.2, 0) is 9.53 Å². The Hall–Kier alpha value is -0.610. The highest BCUT2D eigenvalue weighted by molar-refractivity contribution is 5.78. The molecule has 1 rings (SSSR count). The lowest BCUT2D eigenvalue weighted by molar-refractivity contribution is -0.128. The molecule has 1 fully saturated rings. The number of aliphatic hydroxyl groups is 1. The molecule has 0 aromatic heterocycles. The first-order valence-electron chi connectivity index (χ1n) is 4.15. The van der Waals surface area contributed by atoms with Crippen LogP contribution in [0, 0.1) is 5.92 Å². The van der Waals surface area contributed by atoms with E-state index in [0.29, 0.717) is 26.1 Å². The van der Waals surface area contributed by atoms with E-state index in [9.17, 15) is 4.79 Å². The molecule has 0 bridgehead atoms. The first-order chi connectivity index (χ1) is 5.77. The number of rotatable bonds is 4. The molecule has 0 saturated carbocycles. The smallest absolute Gasteiger partial charge is 0.223 e. The molecule has 0 aliphatic carbocycles. The Labute approximate surface area is 72.1 Å². The highest BCUT2D eigenvalue weighted by Gasteiger charge is 2.28. The van der Waals surface area contributed by atoms with E-state index in [1.807, 2.05) is 0 Å². The van der Waals surface area contributed by atoms with Gasteiger partial charge in [0.05, 0.1) is 6.61 Å². The van der Waals surface area contributed by atoms with Crippen LogP contribution in [0.15, 0.2) is 0 Å². The number of likely N-dealkylation sites (tertiary alicyclic amines) is 1. The number of carbonyl (C=O) groups is 1. The number of aliphatic hydroxyl groups excluding tert-OH is 1. The molecule has 0 aromatic rings. The molecule has 0 radical (unpaired) electrons. The lowest BCUT2D eigenvalue weighted by Gasteiger charge is -2.14. The molecular weight excluding hydrogens is 158 g/mol. The van der Waals surface area contributed by atoms with Crippen molar-refractivity contribution in [3.05, 3.63) is 0 Å².